The van der Waals surface area contributed by atoms with Crippen molar-refractivity contribution >= 4 is 6.09 Å². The molecular formula is C11H21NO4. The molecule has 0 aromatic carbocycles. The molecule has 1 aliphatic heterocycles. The molecule has 1 rings (SSSR count). The first-order valence-electron chi connectivity index (χ1n) is 5.56. The Morgan fingerprint density at radius 2 is 2.12 bits per heavy atom. The van der Waals surface area contributed by atoms with Gasteiger partial charge in [-0.25, -0.2) is 4.79 Å². The first-order valence-corrected chi connectivity index (χ1v) is 5.56. The lowest BCUT2D eigenvalue weighted by Crippen LogP contribution is -2.51. The second-order valence-corrected chi connectivity index (χ2v) is 5.14. The van der Waals surface area contributed by atoms with E-state index in [0.717, 1.165) is 0 Å². The molecule has 5 nitrogen and oxygen atoms in total. The van der Waals surface area contributed by atoms with Crippen LogP contribution in [0, 0.1) is 0 Å². The fraction of sp³-hybridized carbons (Fsp3) is 0.909. The van der Waals surface area contributed by atoms with Gasteiger partial charge >= 0.3 is 6.09 Å². The molecule has 0 radical (unpaired) electrons. The highest BCUT2D eigenvalue weighted by Gasteiger charge is 2.30. The molecule has 1 amide bonds. The van der Waals surface area contributed by atoms with E-state index in [1.165, 1.54) is 0 Å². The van der Waals surface area contributed by atoms with Crippen molar-refractivity contribution in [3.05, 3.63) is 0 Å². The van der Waals surface area contributed by atoms with E-state index < -0.39 is 5.60 Å². The largest absolute Gasteiger partial charge is 0.444 e. The van der Waals surface area contributed by atoms with Crippen molar-refractivity contribution in [2.24, 2.45) is 0 Å². The van der Waals surface area contributed by atoms with Gasteiger partial charge in [0.05, 0.1) is 31.9 Å². The van der Waals surface area contributed by atoms with Gasteiger partial charge in [-0.2, -0.15) is 0 Å². The molecule has 1 N–H and O–H groups in total. The van der Waals surface area contributed by atoms with Crippen LogP contribution in [0.1, 0.15) is 27.7 Å². The van der Waals surface area contributed by atoms with Gasteiger partial charge in [-0.1, -0.05) is 0 Å². The Labute approximate surface area is 96.3 Å². The first kappa shape index (κ1) is 13.3. The minimum absolute atomic E-state index is 0.0709. The van der Waals surface area contributed by atoms with Crippen molar-refractivity contribution in [2.75, 3.05) is 19.7 Å². The van der Waals surface area contributed by atoms with E-state index in [4.69, 9.17) is 14.6 Å². The highest BCUT2D eigenvalue weighted by atomic mass is 16.6. The molecule has 16 heavy (non-hydrogen) atoms. The van der Waals surface area contributed by atoms with Crippen molar-refractivity contribution in [1.82, 2.24) is 4.90 Å². The van der Waals surface area contributed by atoms with Crippen molar-refractivity contribution in [3.8, 4) is 0 Å². The summed E-state index contributed by atoms with van der Waals surface area (Å²) in [6.07, 6.45) is -0.726. The number of aliphatic hydroxyl groups is 1. The van der Waals surface area contributed by atoms with Crippen LogP contribution in [0.2, 0.25) is 0 Å². The van der Waals surface area contributed by atoms with Crippen LogP contribution >= 0.6 is 0 Å². The second-order valence-electron chi connectivity index (χ2n) is 5.14. The van der Waals surface area contributed by atoms with E-state index in [9.17, 15) is 4.79 Å². The molecule has 0 aliphatic carbocycles. The summed E-state index contributed by atoms with van der Waals surface area (Å²) < 4.78 is 10.7. The maximum atomic E-state index is 11.8. The molecule has 1 heterocycles. The number of carbonyl (C=O) groups is 1. The van der Waals surface area contributed by atoms with Gasteiger partial charge in [-0.05, 0) is 27.7 Å². The number of ether oxygens (including phenoxy) is 2. The zero-order valence-electron chi connectivity index (χ0n) is 10.4. The Kier molecular flexibility index (Phi) is 4.15. The molecule has 1 aliphatic rings. The molecule has 0 saturated carbocycles. The SMILES string of the molecule is C[C@@H]1CN(C(=O)OC(C)(C)C)CC(CO)O1. The number of amides is 1. The third kappa shape index (κ3) is 3.98. The van der Waals surface area contributed by atoms with Gasteiger partial charge in [0.1, 0.15) is 5.60 Å². The van der Waals surface area contributed by atoms with Crippen molar-refractivity contribution in [2.45, 2.75) is 45.5 Å². The number of rotatable bonds is 1. The summed E-state index contributed by atoms with van der Waals surface area (Å²) >= 11 is 0. The normalized spacial score (nSPS) is 26.7. The molecule has 94 valence electrons. The number of morpholine rings is 1. The number of hydrogen-bond acceptors (Lipinski definition) is 4. The number of aliphatic hydroxyl groups excluding tert-OH is 1. The average Bonchev–Trinajstić information content (AvgIpc) is 2.14. The standard InChI is InChI=1S/C11H21NO4/c1-8-5-12(6-9(7-13)15-8)10(14)16-11(2,3)4/h8-9,13H,5-7H2,1-4H3/t8-,9?/m1/s1. The fourth-order valence-corrected chi connectivity index (χ4v) is 1.62. The van der Waals surface area contributed by atoms with Gasteiger partial charge in [0.2, 0.25) is 0 Å². The van der Waals surface area contributed by atoms with E-state index in [-0.39, 0.29) is 24.9 Å². The van der Waals surface area contributed by atoms with Gasteiger partial charge in [0.25, 0.3) is 0 Å². The summed E-state index contributed by atoms with van der Waals surface area (Å²) in [6.45, 7) is 8.18. The lowest BCUT2D eigenvalue weighted by molar-refractivity contribution is -0.0956. The Morgan fingerprint density at radius 3 is 2.62 bits per heavy atom. The van der Waals surface area contributed by atoms with Crippen LogP contribution in [0.25, 0.3) is 0 Å². The molecule has 0 spiro atoms. The summed E-state index contributed by atoms with van der Waals surface area (Å²) in [4.78, 5) is 13.4. The van der Waals surface area contributed by atoms with E-state index in [2.05, 4.69) is 0 Å². The summed E-state index contributed by atoms with van der Waals surface area (Å²) in [5.41, 5.74) is -0.493. The highest BCUT2D eigenvalue weighted by Crippen LogP contribution is 2.15. The smallest absolute Gasteiger partial charge is 0.410 e. The number of hydrogen-bond donors (Lipinski definition) is 1. The summed E-state index contributed by atoms with van der Waals surface area (Å²) in [6, 6.07) is 0. The van der Waals surface area contributed by atoms with E-state index >= 15 is 0 Å². The maximum Gasteiger partial charge on any atom is 0.410 e. The molecule has 0 aromatic rings. The summed E-state index contributed by atoms with van der Waals surface area (Å²) in [5.74, 6) is 0. The second kappa shape index (κ2) is 5.01. The predicted octanol–water partition coefficient (Wildman–Crippen LogP) is 1.00. The van der Waals surface area contributed by atoms with Crippen LogP contribution in [0.4, 0.5) is 4.79 Å². The van der Waals surface area contributed by atoms with Crippen LogP contribution in [0.15, 0.2) is 0 Å². The first-order chi connectivity index (χ1) is 7.31. The molecule has 2 atom stereocenters. The number of nitrogens with zero attached hydrogens (tertiary/aromatic N) is 1. The number of carbonyl (C=O) groups excluding carboxylic acids is 1. The van der Waals surface area contributed by atoms with E-state index in [1.807, 2.05) is 27.7 Å². The molecule has 0 bridgehead atoms. The third-order valence-electron chi connectivity index (χ3n) is 2.18. The zero-order valence-corrected chi connectivity index (χ0v) is 10.4. The van der Waals surface area contributed by atoms with Gasteiger partial charge in [0, 0.05) is 0 Å². The van der Waals surface area contributed by atoms with Crippen molar-refractivity contribution in [1.29, 1.82) is 0 Å². The molecule has 1 fully saturated rings. The van der Waals surface area contributed by atoms with E-state index in [0.29, 0.717) is 13.1 Å². The van der Waals surface area contributed by atoms with Crippen molar-refractivity contribution < 1.29 is 19.4 Å². The molecule has 0 aromatic heterocycles. The zero-order chi connectivity index (χ0) is 12.3. The lowest BCUT2D eigenvalue weighted by Gasteiger charge is -2.36. The third-order valence-corrected chi connectivity index (χ3v) is 2.18. The van der Waals surface area contributed by atoms with Gasteiger partial charge < -0.3 is 19.5 Å². The molecule has 1 saturated heterocycles. The summed E-state index contributed by atoms with van der Waals surface area (Å²) in [7, 11) is 0. The Bertz CT molecular complexity index is 249. The minimum atomic E-state index is -0.493. The Hall–Kier alpha value is -0.810. The highest BCUT2D eigenvalue weighted by molar-refractivity contribution is 5.68. The van der Waals surface area contributed by atoms with Gasteiger partial charge in [-0.15, -0.1) is 0 Å². The quantitative estimate of drug-likeness (QED) is 0.731. The van der Waals surface area contributed by atoms with E-state index in [1.54, 1.807) is 4.90 Å². The average molecular weight is 231 g/mol. The fourth-order valence-electron chi connectivity index (χ4n) is 1.62. The van der Waals surface area contributed by atoms with Crippen LogP contribution < -0.4 is 0 Å². The van der Waals surface area contributed by atoms with Gasteiger partial charge in [-0.3, -0.25) is 0 Å². The molecule has 5 heteroatoms. The topological polar surface area (TPSA) is 59.0 Å². The lowest BCUT2D eigenvalue weighted by atomic mass is 10.2. The van der Waals surface area contributed by atoms with Crippen LogP contribution in [-0.2, 0) is 9.47 Å². The summed E-state index contributed by atoms with van der Waals surface area (Å²) in [5, 5.41) is 9.04. The minimum Gasteiger partial charge on any atom is -0.444 e. The Morgan fingerprint density at radius 1 is 1.50 bits per heavy atom. The Balaban J connectivity index is 2.55. The molecule has 1 unspecified atom stereocenters. The maximum absolute atomic E-state index is 11.8. The van der Waals surface area contributed by atoms with Crippen LogP contribution in [0.5, 0.6) is 0 Å². The van der Waals surface area contributed by atoms with Crippen LogP contribution in [-0.4, -0.2) is 53.6 Å². The molecular weight excluding hydrogens is 210 g/mol. The van der Waals surface area contributed by atoms with Gasteiger partial charge in [0.15, 0.2) is 0 Å². The monoisotopic (exact) mass is 231 g/mol. The predicted molar refractivity (Wildman–Crippen MR) is 59.2 cm³/mol. The van der Waals surface area contributed by atoms with Crippen molar-refractivity contribution in [3.63, 3.8) is 0 Å². The van der Waals surface area contributed by atoms with Crippen LogP contribution in [0.3, 0.4) is 0 Å².